The molecule has 0 saturated carbocycles. The number of anilines is 2. The van der Waals surface area contributed by atoms with Gasteiger partial charge in [0.15, 0.2) is 11.6 Å². The molecule has 19 heteroatoms. The highest BCUT2D eigenvalue weighted by Gasteiger charge is 2.54. The van der Waals surface area contributed by atoms with Gasteiger partial charge in [-0.3, -0.25) is 38.6 Å². The van der Waals surface area contributed by atoms with E-state index in [1.165, 1.54) is 35.8 Å². The van der Waals surface area contributed by atoms with Crippen LogP contribution in [0, 0.1) is 16.7 Å². The first kappa shape index (κ1) is 54.1. The van der Waals surface area contributed by atoms with Crippen molar-refractivity contribution in [1.29, 1.82) is 5.26 Å². The highest BCUT2D eigenvalue weighted by atomic mass is 19.4. The third-order valence-electron chi connectivity index (χ3n) is 13.0. The van der Waals surface area contributed by atoms with Crippen LogP contribution in [-0.2, 0) is 50.8 Å². The lowest BCUT2D eigenvalue weighted by molar-refractivity contribution is -0.144. The highest BCUT2D eigenvalue weighted by molar-refractivity contribution is 6.25. The van der Waals surface area contributed by atoms with E-state index >= 15 is 0 Å². The molecule has 71 heavy (non-hydrogen) atoms. The van der Waals surface area contributed by atoms with Crippen LogP contribution in [-0.4, -0.2) is 120 Å². The molecule has 4 atom stereocenters. The van der Waals surface area contributed by atoms with Gasteiger partial charge in [0.1, 0.15) is 35.7 Å². The standard InChI is InChI=1S/C52H63F3N6O10/c1-50(2,3)46(49(68)60-31-37(62)28-40(60)41(63)20-12-33-13-21-42(57-30-33)59-22-9-11-44(59)65)58-43(64)32-70-25-10-24-69-23-7-6-8-26-71-38-18-16-36(17-19-38)61-48(67)45(47(66)51(61,4)5)34-14-15-35(29-56)39(27-34)52(53,54)55/h13-19,21,27,30,37,40,45-46,62H,6-12,20,22-26,28,31-32H2,1-5H3,(H,58,64)/t37-,40?,45?,46-/m1/s1. The van der Waals surface area contributed by atoms with Gasteiger partial charge < -0.3 is 29.5 Å². The Labute approximate surface area is 411 Å². The van der Waals surface area contributed by atoms with Crippen molar-refractivity contribution in [3.05, 3.63) is 83.0 Å². The lowest BCUT2D eigenvalue weighted by atomic mass is 9.85. The molecule has 1 aromatic heterocycles. The Morgan fingerprint density at radius 3 is 2.30 bits per heavy atom. The zero-order valence-electron chi connectivity index (χ0n) is 40.9. The summed E-state index contributed by atoms with van der Waals surface area (Å²) in [7, 11) is 0. The zero-order chi connectivity index (χ0) is 51.7. The SMILES string of the molecule is CC(C)(C)[C@H](NC(=O)COCCCOCCCCCOc1ccc(N2C(=O)C(c3ccc(C#N)c(C(F)(F)F)c3)C(=O)C2(C)C)cc1)C(=O)N1C[C@H](O)CC1C(=O)CCc1ccc(N2CCCC2=O)nc1. The van der Waals surface area contributed by atoms with Crippen molar-refractivity contribution in [3.63, 3.8) is 0 Å². The molecule has 382 valence electrons. The van der Waals surface area contributed by atoms with Crippen LogP contribution in [0.5, 0.6) is 5.75 Å². The second kappa shape index (κ2) is 23.3. The van der Waals surface area contributed by atoms with Crippen LogP contribution in [0.1, 0.15) is 114 Å². The molecule has 2 unspecified atom stereocenters. The number of hydrogen-bond acceptors (Lipinski definition) is 12. The number of carbonyl (C=O) groups is 6. The number of aromatic nitrogens is 1. The molecule has 16 nitrogen and oxygen atoms in total. The van der Waals surface area contributed by atoms with E-state index in [4.69, 9.17) is 19.5 Å². The number of aliphatic hydroxyl groups is 1. The van der Waals surface area contributed by atoms with Gasteiger partial charge in [-0.05, 0) is 111 Å². The van der Waals surface area contributed by atoms with Crippen molar-refractivity contribution in [2.75, 3.05) is 55.9 Å². The van der Waals surface area contributed by atoms with E-state index in [1.807, 2.05) is 26.8 Å². The van der Waals surface area contributed by atoms with E-state index in [2.05, 4.69) is 10.3 Å². The summed E-state index contributed by atoms with van der Waals surface area (Å²) in [6.45, 7) is 10.4. The minimum atomic E-state index is -4.84. The van der Waals surface area contributed by atoms with E-state index in [0.717, 1.165) is 37.3 Å². The summed E-state index contributed by atoms with van der Waals surface area (Å²) in [6, 6.07) is 12.7. The molecule has 3 fully saturated rings. The number of pyridine rings is 1. The minimum Gasteiger partial charge on any atom is -0.494 e. The van der Waals surface area contributed by atoms with Gasteiger partial charge in [0.2, 0.25) is 23.6 Å². The third kappa shape index (κ3) is 13.4. The Morgan fingerprint density at radius 1 is 0.944 bits per heavy atom. The molecular weight excluding hydrogens is 926 g/mol. The quantitative estimate of drug-likeness (QED) is 0.0847. The zero-order valence-corrected chi connectivity index (χ0v) is 40.9. The number of rotatable bonds is 22. The number of nitrogens with one attached hydrogen (secondary N) is 1. The van der Waals surface area contributed by atoms with Gasteiger partial charge in [0.05, 0.1) is 35.9 Å². The average Bonchev–Trinajstić information content (AvgIpc) is 3.99. The number of likely N-dealkylation sites (tertiary alicyclic amines) is 1. The van der Waals surface area contributed by atoms with E-state index < -0.39 is 75.9 Å². The summed E-state index contributed by atoms with van der Waals surface area (Å²) in [5.74, 6) is -2.69. The van der Waals surface area contributed by atoms with Gasteiger partial charge in [-0.15, -0.1) is 0 Å². The first-order valence-electron chi connectivity index (χ1n) is 24.1. The van der Waals surface area contributed by atoms with Gasteiger partial charge in [0.25, 0.3) is 0 Å². The Balaban J connectivity index is 0.848. The fourth-order valence-electron chi connectivity index (χ4n) is 9.12. The molecule has 2 N–H and O–H groups in total. The third-order valence-corrected chi connectivity index (χ3v) is 13.0. The van der Waals surface area contributed by atoms with Crippen molar-refractivity contribution in [1.82, 2.24) is 15.2 Å². The van der Waals surface area contributed by atoms with Gasteiger partial charge in [-0.1, -0.05) is 32.9 Å². The molecule has 0 bridgehead atoms. The maximum Gasteiger partial charge on any atom is 0.417 e. The summed E-state index contributed by atoms with van der Waals surface area (Å²) in [5.41, 5.74) is -2.81. The number of alkyl halides is 3. The molecule has 3 aromatic rings. The van der Waals surface area contributed by atoms with Gasteiger partial charge in [-0.25, -0.2) is 4.98 Å². The fourth-order valence-corrected chi connectivity index (χ4v) is 9.12. The summed E-state index contributed by atoms with van der Waals surface area (Å²) >= 11 is 0. The topological polar surface area (TPSA) is 209 Å². The van der Waals surface area contributed by atoms with Gasteiger partial charge in [-0.2, -0.15) is 18.4 Å². The monoisotopic (exact) mass is 988 g/mol. The second-order valence-electron chi connectivity index (χ2n) is 19.8. The Kier molecular flexibility index (Phi) is 17.8. The van der Waals surface area contributed by atoms with Crippen LogP contribution < -0.4 is 19.9 Å². The van der Waals surface area contributed by atoms with Crippen molar-refractivity contribution in [3.8, 4) is 11.8 Å². The van der Waals surface area contributed by atoms with Crippen molar-refractivity contribution < 1.29 is 61.3 Å². The molecule has 0 aliphatic carbocycles. The maximum atomic E-state index is 13.9. The smallest absolute Gasteiger partial charge is 0.417 e. The maximum absolute atomic E-state index is 13.9. The van der Waals surface area contributed by atoms with E-state index in [-0.39, 0.29) is 49.9 Å². The number of aryl methyl sites for hydroxylation is 1. The first-order valence-corrected chi connectivity index (χ1v) is 24.1. The van der Waals surface area contributed by atoms with Crippen LogP contribution in [0.3, 0.4) is 0 Å². The van der Waals surface area contributed by atoms with E-state index in [1.54, 1.807) is 41.4 Å². The molecule has 4 heterocycles. The van der Waals surface area contributed by atoms with Crippen LogP contribution >= 0.6 is 0 Å². The Bertz CT molecular complexity index is 2450. The van der Waals surface area contributed by atoms with Crippen LogP contribution in [0.2, 0.25) is 0 Å². The molecule has 3 saturated heterocycles. The van der Waals surface area contributed by atoms with Crippen molar-refractivity contribution >= 4 is 46.7 Å². The number of benzene rings is 2. The normalized spacial score (nSPS) is 19.6. The van der Waals surface area contributed by atoms with Crippen molar-refractivity contribution in [2.45, 2.75) is 128 Å². The number of nitrogens with zero attached hydrogens (tertiary/aromatic N) is 5. The van der Waals surface area contributed by atoms with Crippen LogP contribution in [0.4, 0.5) is 24.7 Å². The molecule has 4 amide bonds. The molecule has 6 rings (SSSR count). The molecule has 3 aliphatic rings. The number of ether oxygens (including phenoxy) is 3. The lowest BCUT2D eigenvalue weighted by Crippen LogP contribution is -2.57. The highest BCUT2D eigenvalue weighted by Crippen LogP contribution is 2.42. The predicted octanol–water partition coefficient (Wildman–Crippen LogP) is 6.24. The summed E-state index contributed by atoms with van der Waals surface area (Å²) in [5, 5.41) is 22.5. The first-order chi connectivity index (χ1) is 33.6. The number of amides is 4. The summed E-state index contributed by atoms with van der Waals surface area (Å²) in [4.78, 5) is 88.3. The number of halogens is 3. The minimum absolute atomic E-state index is 0.0249. The number of β-amino-alcohol motifs (C(OH)–C–C–N with tert-alkyl or cyclic N) is 1. The van der Waals surface area contributed by atoms with Crippen LogP contribution in [0.25, 0.3) is 0 Å². The molecular formula is C52H63F3N6O10. The number of hydrogen-bond donors (Lipinski definition) is 2. The number of aliphatic hydroxyl groups excluding tert-OH is 1. The van der Waals surface area contributed by atoms with Crippen molar-refractivity contribution in [2.24, 2.45) is 5.41 Å². The predicted molar refractivity (Wildman–Crippen MR) is 254 cm³/mol. The molecule has 3 aliphatic heterocycles. The van der Waals surface area contributed by atoms with E-state index in [0.29, 0.717) is 68.9 Å². The Hall–Kier alpha value is -6.23. The second-order valence-corrected chi connectivity index (χ2v) is 19.8. The number of carbonyl (C=O) groups excluding carboxylic acids is 6. The summed E-state index contributed by atoms with van der Waals surface area (Å²) in [6.07, 6.45) is 0.671. The number of Topliss-reactive ketones (excluding diaryl/α,β-unsaturated/α-hetero) is 2. The van der Waals surface area contributed by atoms with E-state index in [9.17, 15) is 47.0 Å². The average molecular weight is 989 g/mol. The molecule has 0 spiro atoms. The number of ketones is 2. The van der Waals surface area contributed by atoms with Gasteiger partial charge in [0, 0.05) is 64.1 Å². The molecule has 0 radical (unpaired) electrons. The fraction of sp³-hybridized carbons (Fsp3) is 0.538. The number of unbranched alkanes of at least 4 members (excludes halogenated alkanes) is 2. The lowest BCUT2D eigenvalue weighted by Gasteiger charge is -2.35. The van der Waals surface area contributed by atoms with Crippen LogP contribution in [0.15, 0.2) is 60.8 Å². The Morgan fingerprint density at radius 2 is 1.65 bits per heavy atom. The summed E-state index contributed by atoms with van der Waals surface area (Å²) < 4.78 is 58.2. The van der Waals surface area contributed by atoms with Gasteiger partial charge >= 0.3 is 6.18 Å². The number of nitriles is 1. The molecule has 2 aromatic carbocycles. The largest absolute Gasteiger partial charge is 0.494 e.